The first kappa shape index (κ1) is 21.1. The van der Waals surface area contributed by atoms with E-state index in [9.17, 15) is 9.59 Å². The molecule has 1 saturated heterocycles. The number of likely N-dealkylation sites (tertiary alicyclic amines) is 1. The smallest absolute Gasteiger partial charge is 0.253 e. The lowest BCUT2D eigenvalue weighted by Gasteiger charge is -2.20. The molecule has 1 aliphatic rings. The number of hydrogen-bond donors (Lipinski definition) is 1. The molecule has 2 aromatic carbocycles. The van der Waals surface area contributed by atoms with Gasteiger partial charge in [-0.25, -0.2) is 0 Å². The molecule has 2 amide bonds. The number of carbonyl (C=O) groups is 2. The number of amides is 2. The molecular weight excluding hydrogens is 362 g/mol. The Bertz CT molecular complexity index is 820. The number of benzene rings is 2. The van der Waals surface area contributed by atoms with Crippen LogP contribution in [-0.4, -0.2) is 54.3 Å². The summed E-state index contributed by atoms with van der Waals surface area (Å²) in [4.78, 5) is 29.4. The number of nitrogens with two attached hydrogens (primary N) is 1. The van der Waals surface area contributed by atoms with Crippen molar-refractivity contribution in [2.24, 2.45) is 11.7 Å². The highest BCUT2D eigenvalue weighted by Crippen LogP contribution is 2.32. The summed E-state index contributed by atoms with van der Waals surface area (Å²) in [6.45, 7) is 7.36. The molecule has 0 bridgehead atoms. The molecule has 0 radical (unpaired) electrons. The van der Waals surface area contributed by atoms with Crippen molar-refractivity contribution in [3.63, 3.8) is 0 Å². The van der Waals surface area contributed by atoms with Crippen molar-refractivity contribution in [2.75, 3.05) is 32.7 Å². The fourth-order valence-electron chi connectivity index (χ4n) is 4.15. The highest BCUT2D eigenvalue weighted by atomic mass is 16.2. The fourth-order valence-corrected chi connectivity index (χ4v) is 4.15. The topological polar surface area (TPSA) is 66.6 Å². The Labute approximate surface area is 173 Å². The van der Waals surface area contributed by atoms with Crippen molar-refractivity contribution < 1.29 is 9.59 Å². The minimum absolute atomic E-state index is 0.00165. The van der Waals surface area contributed by atoms with Crippen molar-refractivity contribution in [3.8, 4) is 0 Å². The lowest BCUT2D eigenvalue weighted by Crippen LogP contribution is -2.32. The Morgan fingerprint density at radius 2 is 1.66 bits per heavy atom. The summed E-state index contributed by atoms with van der Waals surface area (Å²) in [7, 11) is 0. The zero-order valence-electron chi connectivity index (χ0n) is 17.4. The summed E-state index contributed by atoms with van der Waals surface area (Å²) >= 11 is 0. The van der Waals surface area contributed by atoms with Crippen LogP contribution in [0.1, 0.15) is 52.5 Å². The van der Waals surface area contributed by atoms with Gasteiger partial charge in [-0.1, -0.05) is 37.3 Å². The van der Waals surface area contributed by atoms with Crippen LogP contribution < -0.4 is 5.73 Å². The maximum absolute atomic E-state index is 13.0. The standard InChI is InChI=1S/C24H31N3O2/c1-3-14-26(4-2)23(28)19-10-12-20(13-11-19)24(29)27-16-21(15-25)22(17-27)18-8-6-5-7-9-18/h5-13,21-22H,3-4,14-17,25H2,1-2H3/t21-,22+/m1/s1. The van der Waals surface area contributed by atoms with Gasteiger partial charge in [0.05, 0.1) is 0 Å². The van der Waals surface area contributed by atoms with Crippen LogP contribution in [0.4, 0.5) is 0 Å². The zero-order chi connectivity index (χ0) is 20.8. The predicted octanol–water partition coefficient (Wildman–Crippen LogP) is 3.37. The molecule has 0 aliphatic carbocycles. The Balaban J connectivity index is 1.71. The van der Waals surface area contributed by atoms with E-state index < -0.39 is 0 Å². The minimum Gasteiger partial charge on any atom is -0.339 e. The monoisotopic (exact) mass is 393 g/mol. The van der Waals surface area contributed by atoms with Gasteiger partial charge in [-0.15, -0.1) is 0 Å². The lowest BCUT2D eigenvalue weighted by atomic mass is 9.89. The number of nitrogens with zero attached hydrogens (tertiary/aromatic N) is 2. The maximum atomic E-state index is 13.0. The third kappa shape index (κ3) is 4.67. The van der Waals surface area contributed by atoms with Crippen molar-refractivity contribution in [1.29, 1.82) is 0 Å². The third-order valence-electron chi connectivity index (χ3n) is 5.80. The summed E-state index contributed by atoms with van der Waals surface area (Å²) in [5, 5.41) is 0. The quantitative estimate of drug-likeness (QED) is 0.784. The van der Waals surface area contributed by atoms with Gasteiger partial charge in [0, 0.05) is 43.2 Å². The second-order valence-corrected chi connectivity index (χ2v) is 7.69. The molecule has 1 heterocycles. The molecule has 0 spiro atoms. The van der Waals surface area contributed by atoms with Crippen LogP contribution in [-0.2, 0) is 0 Å². The number of carbonyl (C=O) groups excluding carboxylic acids is 2. The van der Waals surface area contributed by atoms with Gasteiger partial charge >= 0.3 is 0 Å². The Kier molecular flexibility index (Phi) is 7.04. The average Bonchev–Trinajstić information content (AvgIpc) is 3.22. The number of hydrogen-bond acceptors (Lipinski definition) is 3. The van der Waals surface area contributed by atoms with E-state index in [0.29, 0.717) is 37.3 Å². The Morgan fingerprint density at radius 1 is 1.00 bits per heavy atom. The molecule has 2 N–H and O–H groups in total. The van der Waals surface area contributed by atoms with Crippen LogP contribution in [0.5, 0.6) is 0 Å². The molecule has 2 aromatic rings. The van der Waals surface area contributed by atoms with Gasteiger partial charge < -0.3 is 15.5 Å². The van der Waals surface area contributed by atoms with Gasteiger partial charge in [0.1, 0.15) is 0 Å². The molecule has 5 heteroatoms. The molecule has 29 heavy (non-hydrogen) atoms. The molecule has 5 nitrogen and oxygen atoms in total. The first-order chi connectivity index (χ1) is 14.1. The van der Waals surface area contributed by atoms with E-state index in [0.717, 1.165) is 13.0 Å². The Hall–Kier alpha value is -2.66. The maximum Gasteiger partial charge on any atom is 0.253 e. The summed E-state index contributed by atoms with van der Waals surface area (Å²) in [6, 6.07) is 17.3. The van der Waals surface area contributed by atoms with E-state index in [4.69, 9.17) is 5.73 Å². The van der Waals surface area contributed by atoms with E-state index in [1.807, 2.05) is 34.9 Å². The van der Waals surface area contributed by atoms with Gasteiger partial charge in [-0.3, -0.25) is 9.59 Å². The first-order valence-corrected chi connectivity index (χ1v) is 10.5. The summed E-state index contributed by atoms with van der Waals surface area (Å²) in [5.74, 6) is 0.538. The Morgan fingerprint density at radius 3 is 2.24 bits per heavy atom. The van der Waals surface area contributed by atoms with Crippen LogP contribution in [0.15, 0.2) is 54.6 Å². The van der Waals surface area contributed by atoms with Gasteiger partial charge in [0.15, 0.2) is 0 Å². The first-order valence-electron chi connectivity index (χ1n) is 10.5. The van der Waals surface area contributed by atoms with E-state index >= 15 is 0 Å². The summed E-state index contributed by atoms with van der Waals surface area (Å²) in [5.41, 5.74) is 8.47. The van der Waals surface area contributed by atoms with E-state index in [-0.39, 0.29) is 23.7 Å². The third-order valence-corrected chi connectivity index (χ3v) is 5.80. The normalized spacial score (nSPS) is 18.7. The van der Waals surface area contributed by atoms with Crippen LogP contribution in [0, 0.1) is 5.92 Å². The van der Waals surface area contributed by atoms with Gasteiger partial charge in [-0.05, 0) is 55.6 Å². The van der Waals surface area contributed by atoms with Gasteiger partial charge in [0.2, 0.25) is 0 Å². The predicted molar refractivity (Wildman–Crippen MR) is 116 cm³/mol. The molecule has 154 valence electrons. The van der Waals surface area contributed by atoms with E-state index in [1.54, 1.807) is 24.3 Å². The largest absolute Gasteiger partial charge is 0.339 e. The van der Waals surface area contributed by atoms with Crippen molar-refractivity contribution in [3.05, 3.63) is 71.3 Å². The second kappa shape index (κ2) is 9.70. The van der Waals surface area contributed by atoms with Crippen LogP contribution in [0.25, 0.3) is 0 Å². The van der Waals surface area contributed by atoms with Crippen LogP contribution >= 0.6 is 0 Å². The molecular formula is C24H31N3O2. The molecule has 0 aromatic heterocycles. The SMILES string of the molecule is CCCN(CC)C(=O)c1ccc(C(=O)N2C[C@@H](CN)[C@H](c3ccccc3)C2)cc1. The molecule has 2 atom stereocenters. The van der Waals surface area contributed by atoms with Crippen molar-refractivity contribution in [2.45, 2.75) is 26.2 Å². The molecule has 3 rings (SSSR count). The highest BCUT2D eigenvalue weighted by molar-refractivity contribution is 5.98. The minimum atomic E-state index is 0.00165. The zero-order valence-corrected chi connectivity index (χ0v) is 17.4. The summed E-state index contributed by atoms with van der Waals surface area (Å²) < 4.78 is 0. The van der Waals surface area contributed by atoms with Crippen LogP contribution in [0.3, 0.4) is 0 Å². The second-order valence-electron chi connectivity index (χ2n) is 7.69. The fraction of sp³-hybridized carbons (Fsp3) is 0.417. The van der Waals surface area contributed by atoms with Crippen molar-refractivity contribution >= 4 is 11.8 Å². The highest BCUT2D eigenvalue weighted by Gasteiger charge is 2.35. The molecule has 0 unspecified atom stereocenters. The van der Waals surface area contributed by atoms with Gasteiger partial charge in [-0.2, -0.15) is 0 Å². The lowest BCUT2D eigenvalue weighted by molar-refractivity contribution is 0.0759. The average molecular weight is 394 g/mol. The van der Waals surface area contributed by atoms with Crippen molar-refractivity contribution in [1.82, 2.24) is 9.80 Å². The van der Waals surface area contributed by atoms with Gasteiger partial charge in [0.25, 0.3) is 11.8 Å². The van der Waals surface area contributed by atoms with E-state index in [1.165, 1.54) is 5.56 Å². The molecule has 1 fully saturated rings. The summed E-state index contributed by atoms with van der Waals surface area (Å²) in [6.07, 6.45) is 0.927. The number of rotatable bonds is 7. The van der Waals surface area contributed by atoms with E-state index in [2.05, 4.69) is 19.1 Å². The molecule has 0 saturated carbocycles. The van der Waals surface area contributed by atoms with Crippen LogP contribution in [0.2, 0.25) is 0 Å². The molecule has 1 aliphatic heterocycles.